The summed E-state index contributed by atoms with van der Waals surface area (Å²) in [6, 6.07) is 13.9. The van der Waals surface area contributed by atoms with Crippen LogP contribution in [-0.2, 0) is 22.6 Å². The fourth-order valence-electron chi connectivity index (χ4n) is 4.53. The summed E-state index contributed by atoms with van der Waals surface area (Å²) in [6.07, 6.45) is 9.53. The van der Waals surface area contributed by atoms with Crippen LogP contribution in [0.3, 0.4) is 0 Å². The first-order valence-electron chi connectivity index (χ1n) is 12.4. The fourth-order valence-corrected chi connectivity index (χ4v) is 4.53. The van der Waals surface area contributed by atoms with E-state index >= 15 is 0 Å². The molecule has 1 N–H and O–H groups in total. The smallest absolute Gasteiger partial charge is 0.220 e. The maximum atomic E-state index is 12.8. The summed E-state index contributed by atoms with van der Waals surface area (Å²) in [5.41, 5.74) is 3.31. The Bertz CT molecular complexity index is 868. The molecule has 2 aromatic rings. The zero-order chi connectivity index (χ0) is 23.5. The molecule has 1 aliphatic carbocycles. The number of carbonyl (C=O) groups is 1. The Morgan fingerprint density at radius 2 is 1.61 bits per heavy atom. The van der Waals surface area contributed by atoms with Crippen LogP contribution in [0.2, 0.25) is 0 Å². The van der Waals surface area contributed by atoms with Gasteiger partial charge in [-0.15, -0.1) is 0 Å². The molecule has 0 aromatic heterocycles. The van der Waals surface area contributed by atoms with E-state index in [0.717, 1.165) is 36.0 Å². The lowest BCUT2D eigenvalue weighted by molar-refractivity contribution is -0.123. The van der Waals surface area contributed by atoms with Crippen molar-refractivity contribution in [1.29, 1.82) is 0 Å². The van der Waals surface area contributed by atoms with E-state index in [-0.39, 0.29) is 18.1 Å². The highest BCUT2D eigenvalue weighted by molar-refractivity contribution is 5.77. The zero-order valence-electron chi connectivity index (χ0n) is 20.4. The number of rotatable bonds is 14. The Morgan fingerprint density at radius 3 is 2.30 bits per heavy atom. The van der Waals surface area contributed by atoms with Gasteiger partial charge in [0.05, 0.1) is 33.0 Å². The molecule has 0 spiro atoms. The lowest BCUT2D eigenvalue weighted by atomic mass is 10.1. The number of methoxy groups -OCH3 is 2. The van der Waals surface area contributed by atoms with E-state index in [1.54, 1.807) is 14.2 Å². The Kier molecular flexibility index (Phi) is 10.1. The lowest BCUT2D eigenvalue weighted by Crippen LogP contribution is -2.35. The van der Waals surface area contributed by atoms with E-state index in [4.69, 9.17) is 14.2 Å². The zero-order valence-corrected chi connectivity index (χ0v) is 20.4. The molecule has 33 heavy (non-hydrogen) atoms. The van der Waals surface area contributed by atoms with E-state index in [1.807, 2.05) is 30.3 Å². The number of ether oxygens (including phenoxy) is 3. The molecule has 0 fully saturated rings. The minimum absolute atomic E-state index is 0.0875. The summed E-state index contributed by atoms with van der Waals surface area (Å²) in [7, 11) is 3.28. The van der Waals surface area contributed by atoms with Crippen molar-refractivity contribution in [3.8, 4) is 11.5 Å². The van der Waals surface area contributed by atoms with Crippen LogP contribution < -0.4 is 14.8 Å². The Labute approximate surface area is 198 Å². The van der Waals surface area contributed by atoms with Crippen molar-refractivity contribution in [3.63, 3.8) is 0 Å². The van der Waals surface area contributed by atoms with Crippen LogP contribution in [0.4, 0.5) is 0 Å². The molecule has 0 radical (unpaired) electrons. The molecular weight excluding hydrogens is 414 g/mol. The van der Waals surface area contributed by atoms with Crippen LogP contribution in [-0.4, -0.2) is 26.2 Å². The average Bonchev–Trinajstić information content (AvgIpc) is 3.17. The molecule has 3 rings (SSSR count). The second kappa shape index (κ2) is 13.2. The fraction of sp³-hybridized carbons (Fsp3) is 0.536. The van der Waals surface area contributed by atoms with Crippen LogP contribution in [0.1, 0.15) is 81.0 Å². The van der Waals surface area contributed by atoms with Crippen LogP contribution in [0.25, 0.3) is 0 Å². The maximum Gasteiger partial charge on any atom is 0.220 e. The topological polar surface area (TPSA) is 56.8 Å². The Morgan fingerprint density at radius 1 is 0.939 bits per heavy atom. The van der Waals surface area contributed by atoms with Gasteiger partial charge in [-0.2, -0.15) is 0 Å². The van der Waals surface area contributed by atoms with E-state index < -0.39 is 0 Å². The van der Waals surface area contributed by atoms with E-state index in [9.17, 15) is 4.79 Å². The third kappa shape index (κ3) is 7.23. The molecule has 180 valence electrons. The third-order valence-electron chi connectivity index (χ3n) is 6.40. The van der Waals surface area contributed by atoms with Crippen LogP contribution in [0.15, 0.2) is 42.5 Å². The monoisotopic (exact) mass is 453 g/mol. The predicted molar refractivity (Wildman–Crippen MR) is 132 cm³/mol. The molecular formula is C28H39NO4. The Balaban J connectivity index is 1.63. The van der Waals surface area contributed by atoms with Gasteiger partial charge in [-0.25, -0.2) is 0 Å². The summed E-state index contributed by atoms with van der Waals surface area (Å²) < 4.78 is 17.3. The quantitative estimate of drug-likeness (QED) is 0.349. The number of hydrogen-bond acceptors (Lipinski definition) is 4. The standard InChI is InChI=1S/C28H39NO4/c1-4-5-6-7-8-9-13-16-27(30)29-28-23-19-25(32-3)24(31-2)17-22(23)18-26(28)33-20-21-14-11-10-12-15-21/h10-12,14-15,17,19,26,28H,4-9,13,16,18,20H2,1-3H3,(H,29,30)/t26-,28-/m1/s1. The molecule has 0 saturated carbocycles. The molecule has 0 heterocycles. The number of benzene rings is 2. The molecule has 5 heteroatoms. The van der Waals surface area contributed by atoms with Crippen molar-refractivity contribution in [2.75, 3.05) is 14.2 Å². The molecule has 1 amide bonds. The first-order valence-corrected chi connectivity index (χ1v) is 12.4. The first kappa shape index (κ1) is 25.1. The molecule has 5 nitrogen and oxygen atoms in total. The first-order chi connectivity index (χ1) is 16.2. The average molecular weight is 454 g/mol. The SMILES string of the molecule is CCCCCCCCCC(=O)N[C@@H]1c2cc(OC)c(OC)cc2C[C@H]1OCc1ccccc1. The van der Waals surface area contributed by atoms with Gasteiger partial charge in [0.25, 0.3) is 0 Å². The second-order valence-electron chi connectivity index (χ2n) is 8.86. The minimum atomic E-state index is -0.194. The summed E-state index contributed by atoms with van der Waals surface area (Å²) in [5, 5.41) is 3.26. The van der Waals surface area contributed by atoms with Crippen molar-refractivity contribution in [3.05, 3.63) is 59.2 Å². The predicted octanol–water partition coefficient (Wildman–Crippen LogP) is 6.14. The third-order valence-corrected chi connectivity index (χ3v) is 6.40. The van der Waals surface area contributed by atoms with Gasteiger partial charge >= 0.3 is 0 Å². The lowest BCUT2D eigenvalue weighted by Gasteiger charge is -2.23. The summed E-state index contributed by atoms with van der Waals surface area (Å²) in [4.78, 5) is 12.8. The largest absolute Gasteiger partial charge is 0.493 e. The van der Waals surface area contributed by atoms with Gasteiger partial charge in [0.15, 0.2) is 11.5 Å². The molecule has 0 unspecified atom stereocenters. The second-order valence-corrected chi connectivity index (χ2v) is 8.86. The van der Waals surface area contributed by atoms with Gasteiger partial charge in [-0.05, 0) is 35.2 Å². The van der Waals surface area contributed by atoms with Gasteiger partial charge in [0.1, 0.15) is 0 Å². The number of amides is 1. The van der Waals surface area contributed by atoms with Gasteiger partial charge in [-0.1, -0.05) is 75.8 Å². The van der Waals surface area contributed by atoms with Gasteiger partial charge in [0, 0.05) is 12.8 Å². The van der Waals surface area contributed by atoms with Crippen LogP contribution in [0, 0.1) is 0 Å². The van der Waals surface area contributed by atoms with Crippen molar-refractivity contribution in [2.45, 2.75) is 83.5 Å². The number of nitrogens with one attached hydrogen (secondary N) is 1. The van der Waals surface area contributed by atoms with Crippen molar-refractivity contribution in [2.24, 2.45) is 0 Å². The maximum absolute atomic E-state index is 12.8. The van der Waals surface area contributed by atoms with Crippen LogP contribution >= 0.6 is 0 Å². The molecule has 2 aromatic carbocycles. The van der Waals surface area contributed by atoms with E-state index in [1.165, 1.54) is 32.1 Å². The molecule has 0 saturated heterocycles. The number of hydrogen-bond donors (Lipinski definition) is 1. The van der Waals surface area contributed by atoms with Gasteiger partial charge < -0.3 is 19.5 Å². The van der Waals surface area contributed by atoms with E-state index in [2.05, 4.69) is 24.4 Å². The van der Waals surface area contributed by atoms with Crippen molar-refractivity contribution >= 4 is 5.91 Å². The van der Waals surface area contributed by atoms with Crippen LogP contribution in [0.5, 0.6) is 11.5 Å². The molecule has 1 aliphatic rings. The van der Waals surface area contributed by atoms with Gasteiger partial charge in [0.2, 0.25) is 5.91 Å². The molecule has 2 atom stereocenters. The molecule has 0 aliphatic heterocycles. The highest BCUT2D eigenvalue weighted by Crippen LogP contribution is 2.41. The van der Waals surface area contributed by atoms with Crippen molar-refractivity contribution < 1.29 is 19.0 Å². The number of fused-ring (bicyclic) bond motifs is 1. The Hall–Kier alpha value is -2.53. The number of carbonyl (C=O) groups excluding carboxylic acids is 1. The van der Waals surface area contributed by atoms with Crippen molar-refractivity contribution in [1.82, 2.24) is 5.32 Å². The summed E-state index contributed by atoms with van der Waals surface area (Å²) >= 11 is 0. The highest BCUT2D eigenvalue weighted by Gasteiger charge is 2.35. The minimum Gasteiger partial charge on any atom is -0.493 e. The van der Waals surface area contributed by atoms with Gasteiger partial charge in [-0.3, -0.25) is 4.79 Å². The highest BCUT2D eigenvalue weighted by atomic mass is 16.5. The summed E-state index contributed by atoms with van der Waals surface area (Å²) in [6.45, 7) is 2.74. The normalized spacial score (nSPS) is 16.9. The summed E-state index contributed by atoms with van der Waals surface area (Å²) in [5.74, 6) is 1.46. The molecule has 0 bridgehead atoms. The number of unbranched alkanes of at least 4 members (excludes halogenated alkanes) is 6. The van der Waals surface area contributed by atoms with E-state index in [0.29, 0.717) is 24.5 Å².